The minimum Gasteiger partial charge on any atom is -0.339 e. The molecule has 1 aliphatic heterocycles. The fourth-order valence-electron chi connectivity index (χ4n) is 3.08. The molecule has 0 radical (unpaired) electrons. The number of amides is 2. The summed E-state index contributed by atoms with van der Waals surface area (Å²) < 4.78 is 0. The molecule has 2 heterocycles. The van der Waals surface area contributed by atoms with E-state index in [1.807, 2.05) is 42.7 Å². The predicted octanol–water partition coefficient (Wildman–Crippen LogP) is 2.11. The Morgan fingerprint density at radius 3 is 2.13 bits per heavy atom. The summed E-state index contributed by atoms with van der Waals surface area (Å²) in [7, 11) is 0. The molecule has 0 aromatic carbocycles. The van der Waals surface area contributed by atoms with Crippen molar-refractivity contribution in [3.05, 3.63) is 21.9 Å². The predicted molar refractivity (Wildman–Crippen MR) is 93.6 cm³/mol. The topological polar surface area (TPSA) is 66.6 Å². The second kappa shape index (κ2) is 7.45. The number of carbonyl (C=O) groups is 2. The smallest absolute Gasteiger partial charge is 0.264 e. The van der Waals surface area contributed by atoms with E-state index < -0.39 is 5.41 Å². The largest absolute Gasteiger partial charge is 0.339 e. The van der Waals surface area contributed by atoms with Crippen molar-refractivity contribution in [2.45, 2.75) is 33.6 Å². The van der Waals surface area contributed by atoms with Gasteiger partial charge in [0, 0.05) is 37.6 Å². The minimum absolute atomic E-state index is 0.0753. The molecule has 2 rings (SSSR count). The molecule has 1 saturated heterocycles. The van der Waals surface area contributed by atoms with Gasteiger partial charge >= 0.3 is 0 Å². The molecule has 1 aromatic rings. The van der Waals surface area contributed by atoms with Crippen LogP contribution in [0.4, 0.5) is 0 Å². The lowest BCUT2D eigenvalue weighted by atomic mass is 9.81. The van der Waals surface area contributed by atoms with Gasteiger partial charge < -0.3 is 15.5 Å². The molecule has 0 spiro atoms. The molecule has 1 fully saturated rings. The average molecular weight is 337 g/mol. The van der Waals surface area contributed by atoms with E-state index in [9.17, 15) is 9.59 Å². The zero-order valence-corrected chi connectivity index (χ0v) is 15.1. The van der Waals surface area contributed by atoms with E-state index in [4.69, 9.17) is 5.73 Å². The Morgan fingerprint density at radius 2 is 1.70 bits per heavy atom. The first-order chi connectivity index (χ1) is 11.0. The van der Waals surface area contributed by atoms with E-state index in [0.29, 0.717) is 32.7 Å². The number of aryl methyl sites for hydroxylation is 1. The van der Waals surface area contributed by atoms with Crippen LogP contribution >= 0.6 is 11.3 Å². The van der Waals surface area contributed by atoms with Crippen LogP contribution in [0.15, 0.2) is 12.1 Å². The Balaban J connectivity index is 1.98. The van der Waals surface area contributed by atoms with Gasteiger partial charge in [0.1, 0.15) is 0 Å². The highest BCUT2D eigenvalue weighted by atomic mass is 32.1. The number of hydrogen-bond acceptors (Lipinski definition) is 4. The van der Waals surface area contributed by atoms with Gasteiger partial charge in [-0.05, 0) is 31.9 Å². The zero-order valence-electron chi connectivity index (χ0n) is 14.3. The molecule has 0 bridgehead atoms. The van der Waals surface area contributed by atoms with Crippen molar-refractivity contribution in [1.29, 1.82) is 0 Å². The van der Waals surface area contributed by atoms with Gasteiger partial charge in [-0.25, -0.2) is 0 Å². The minimum atomic E-state index is -0.447. The van der Waals surface area contributed by atoms with Crippen molar-refractivity contribution in [2.24, 2.45) is 11.1 Å². The average Bonchev–Trinajstić information content (AvgIpc) is 3.03. The van der Waals surface area contributed by atoms with Crippen LogP contribution in [-0.2, 0) is 4.79 Å². The van der Waals surface area contributed by atoms with E-state index in [1.165, 1.54) is 11.3 Å². The Labute approximate surface area is 142 Å². The first kappa shape index (κ1) is 17.9. The highest BCUT2D eigenvalue weighted by molar-refractivity contribution is 7.13. The standard InChI is InChI=1S/C17H27N3O2S/c1-4-17(5-2,12-18)16(22)20-10-8-19(9-11-20)15(21)14-7-6-13(3)23-14/h6-7H,4-5,8-12,18H2,1-3H3. The highest BCUT2D eigenvalue weighted by Gasteiger charge is 2.38. The molecule has 1 aliphatic rings. The third-order valence-electron chi connectivity index (χ3n) is 5.00. The third kappa shape index (κ3) is 3.58. The molecule has 0 atom stereocenters. The van der Waals surface area contributed by atoms with Crippen LogP contribution in [0, 0.1) is 12.3 Å². The molecule has 5 nitrogen and oxygen atoms in total. The Kier molecular flexibility index (Phi) is 5.81. The fourth-order valence-corrected chi connectivity index (χ4v) is 3.92. The van der Waals surface area contributed by atoms with Crippen LogP contribution < -0.4 is 5.73 Å². The van der Waals surface area contributed by atoms with Crippen LogP contribution in [0.1, 0.15) is 41.2 Å². The summed E-state index contributed by atoms with van der Waals surface area (Å²) in [6.45, 7) is 8.80. The second-order valence-corrected chi connectivity index (χ2v) is 7.47. The number of carbonyl (C=O) groups excluding carboxylic acids is 2. The van der Waals surface area contributed by atoms with Crippen LogP contribution in [0.3, 0.4) is 0 Å². The summed E-state index contributed by atoms with van der Waals surface area (Å²) in [5, 5.41) is 0. The molecule has 1 aromatic heterocycles. The fraction of sp³-hybridized carbons (Fsp3) is 0.647. The quantitative estimate of drug-likeness (QED) is 0.895. The molecule has 0 unspecified atom stereocenters. The maximum Gasteiger partial charge on any atom is 0.264 e. The number of nitrogens with zero attached hydrogens (tertiary/aromatic N) is 2. The molecule has 0 aliphatic carbocycles. The van der Waals surface area contributed by atoms with E-state index in [1.54, 1.807) is 0 Å². The van der Waals surface area contributed by atoms with Crippen LogP contribution in [0.2, 0.25) is 0 Å². The van der Waals surface area contributed by atoms with Gasteiger partial charge in [0.15, 0.2) is 0 Å². The first-order valence-electron chi connectivity index (χ1n) is 8.32. The maximum atomic E-state index is 12.8. The van der Waals surface area contributed by atoms with Crippen molar-refractivity contribution in [2.75, 3.05) is 32.7 Å². The zero-order chi connectivity index (χ0) is 17.0. The Hall–Kier alpha value is -1.40. The lowest BCUT2D eigenvalue weighted by Crippen LogP contribution is -2.55. The molecular formula is C17H27N3O2S. The van der Waals surface area contributed by atoms with Crippen molar-refractivity contribution in [3.63, 3.8) is 0 Å². The van der Waals surface area contributed by atoms with E-state index in [-0.39, 0.29) is 11.8 Å². The van der Waals surface area contributed by atoms with E-state index >= 15 is 0 Å². The highest BCUT2D eigenvalue weighted by Crippen LogP contribution is 2.28. The number of rotatable bonds is 5. The Bertz CT molecular complexity index is 550. The van der Waals surface area contributed by atoms with Crippen LogP contribution in [-0.4, -0.2) is 54.3 Å². The summed E-state index contributed by atoms with van der Waals surface area (Å²) in [5.41, 5.74) is 5.43. The van der Waals surface area contributed by atoms with Crippen molar-refractivity contribution < 1.29 is 9.59 Å². The molecule has 23 heavy (non-hydrogen) atoms. The lowest BCUT2D eigenvalue weighted by molar-refractivity contribution is -0.143. The third-order valence-corrected chi connectivity index (χ3v) is 5.99. The van der Waals surface area contributed by atoms with Gasteiger partial charge in [-0.1, -0.05) is 13.8 Å². The van der Waals surface area contributed by atoms with Gasteiger partial charge in [-0.2, -0.15) is 0 Å². The lowest BCUT2D eigenvalue weighted by Gasteiger charge is -2.40. The van der Waals surface area contributed by atoms with E-state index in [0.717, 1.165) is 22.6 Å². The van der Waals surface area contributed by atoms with Gasteiger partial charge in [0.05, 0.1) is 10.3 Å². The summed E-state index contributed by atoms with van der Waals surface area (Å²) in [5.74, 6) is 0.218. The van der Waals surface area contributed by atoms with Crippen molar-refractivity contribution >= 4 is 23.2 Å². The summed E-state index contributed by atoms with van der Waals surface area (Å²) in [6.07, 6.45) is 1.51. The van der Waals surface area contributed by atoms with E-state index in [2.05, 4.69) is 0 Å². The van der Waals surface area contributed by atoms with Gasteiger partial charge in [0.2, 0.25) is 5.91 Å². The second-order valence-electron chi connectivity index (χ2n) is 6.19. The molecule has 0 saturated carbocycles. The summed E-state index contributed by atoms with van der Waals surface area (Å²) >= 11 is 1.52. The number of piperazine rings is 1. The van der Waals surface area contributed by atoms with Crippen molar-refractivity contribution in [1.82, 2.24) is 9.80 Å². The van der Waals surface area contributed by atoms with Gasteiger partial charge in [-0.3, -0.25) is 9.59 Å². The summed E-state index contributed by atoms with van der Waals surface area (Å²) in [6, 6.07) is 3.85. The van der Waals surface area contributed by atoms with Crippen LogP contribution in [0.25, 0.3) is 0 Å². The maximum absolute atomic E-state index is 12.8. The van der Waals surface area contributed by atoms with Gasteiger partial charge in [-0.15, -0.1) is 11.3 Å². The Morgan fingerprint density at radius 1 is 1.13 bits per heavy atom. The van der Waals surface area contributed by atoms with Gasteiger partial charge in [0.25, 0.3) is 5.91 Å². The summed E-state index contributed by atoms with van der Waals surface area (Å²) in [4.78, 5) is 30.9. The monoisotopic (exact) mass is 337 g/mol. The molecule has 128 valence electrons. The number of nitrogens with two attached hydrogens (primary N) is 1. The molecular weight excluding hydrogens is 310 g/mol. The first-order valence-corrected chi connectivity index (χ1v) is 9.14. The molecule has 2 amide bonds. The van der Waals surface area contributed by atoms with Crippen molar-refractivity contribution in [3.8, 4) is 0 Å². The normalized spacial score (nSPS) is 15.8. The number of thiophene rings is 1. The SMILES string of the molecule is CCC(CC)(CN)C(=O)N1CCN(C(=O)c2ccc(C)s2)CC1. The number of hydrogen-bond donors (Lipinski definition) is 1. The molecule has 2 N–H and O–H groups in total. The molecule has 6 heteroatoms. The van der Waals surface area contributed by atoms with Crippen LogP contribution in [0.5, 0.6) is 0 Å².